The zero-order valence-corrected chi connectivity index (χ0v) is 12.2. The predicted molar refractivity (Wildman–Crippen MR) is 73.9 cm³/mol. The van der Waals surface area contributed by atoms with Crippen LogP contribution in [-0.4, -0.2) is 16.7 Å². The Morgan fingerprint density at radius 1 is 1.42 bits per heavy atom. The van der Waals surface area contributed by atoms with Gasteiger partial charge in [0.05, 0.1) is 0 Å². The van der Waals surface area contributed by atoms with E-state index in [1.165, 1.54) is 12.1 Å². The maximum atomic E-state index is 13.3. The monoisotopic (exact) mass is 327 g/mol. The lowest BCUT2D eigenvalue weighted by molar-refractivity contribution is 0.350. The molecule has 2 aromatic rings. The lowest BCUT2D eigenvalue weighted by Crippen LogP contribution is -2.15. The van der Waals surface area contributed by atoms with Gasteiger partial charge in [-0.05, 0) is 30.7 Å². The number of hydrogen-bond acceptors (Lipinski definition) is 4. The Hall–Kier alpha value is -1.27. The molecule has 6 heteroatoms. The Balaban J connectivity index is 2.20. The number of nitrogens with two attached hydrogens (primary N) is 1. The Bertz CT molecular complexity index is 534. The molecule has 19 heavy (non-hydrogen) atoms. The lowest BCUT2D eigenvalue weighted by Gasteiger charge is -2.07. The molecule has 0 radical (unpaired) electrons. The van der Waals surface area contributed by atoms with Gasteiger partial charge in [-0.3, -0.25) is 0 Å². The number of aromatic nitrogens is 2. The van der Waals surface area contributed by atoms with E-state index in [2.05, 4.69) is 33.0 Å². The van der Waals surface area contributed by atoms with E-state index in [4.69, 9.17) is 10.3 Å². The summed E-state index contributed by atoms with van der Waals surface area (Å²) in [7, 11) is 0. The van der Waals surface area contributed by atoms with E-state index in [0.717, 1.165) is 6.42 Å². The fourth-order valence-electron chi connectivity index (χ4n) is 1.78. The SMILES string of the molecule is CCC(CN)Cc1nc(-c2cc(F)cc(Br)c2)no1. The molecule has 0 amide bonds. The van der Waals surface area contributed by atoms with Gasteiger partial charge < -0.3 is 10.3 Å². The molecule has 0 saturated carbocycles. The molecular weight excluding hydrogens is 313 g/mol. The Kier molecular flexibility index (Phi) is 4.66. The van der Waals surface area contributed by atoms with Crippen LogP contribution in [0.2, 0.25) is 0 Å². The third kappa shape index (κ3) is 3.61. The minimum absolute atomic E-state index is 0.326. The highest BCUT2D eigenvalue weighted by Crippen LogP contribution is 2.23. The van der Waals surface area contributed by atoms with Crippen molar-refractivity contribution in [1.82, 2.24) is 10.1 Å². The predicted octanol–water partition coefficient (Wildman–Crippen LogP) is 3.17. The summed E-state index contributed by atoms with van der Waals surface area (Å²) in [5.74, 6) is 0.909. The van der Waals surface area contributed by atoms with E-state index in [-0.39, 0.29) is 5.82 Å². The molecular formula is C13H15BrFN3O. The minimum Gasteiger partial charge on any atom is -0.339 e. The third-order valence-corrected chi connectivity index (χ3v) is 3.42. The number of rotatable bonds is 5. The second-order valence-electron chi connectivity index (χ2n) is 4.38. The Morgan fingerprint density at radius 3 is 2.84 bits per heavy atom. The van der Waals surface area contributed by atoms with Gasteiger partial charge in [0.15, 0.2) is 0 Å². The van der Waals surface area contributed by atoms with Gasteiger partial charge in [-0.2, -0.15) is 4.98 Å². The van der Waals surface area contributed by atoms with Crippen LogP contribution in [0.5, 0.6) is 0 Å². The topological polar surface area (TPSA) is 64.9 Å². The van der Waals surface area contributed by atoms with Crippen LogP contribution in [0, 0.1) is 11.7 Å². The van der Waals surface area contributed by atoms with Crippen LogP contribution in [0.4, 0.5) is 4.39 Å². The number of benzene rings is 1. The van der Waals surface area contributed by atoms with E-state index in [9.17, 15) is 4.39 Å². The fourth-order valence-corrected chi connectivity index (χ4v) is 2.24. The third-order valence-electron chi connectivity index (χ3n) is 2.96. The molecule has 0 bridgehead atoms. The van der Waals surface area contributed by atoms with E-state index in [1.807, 2.05) is 0 Å². The molecule has 0 fully saturated rings. The molecule has 4 nitrogen and oxygen atoms in total. The number of nitrogens with zero attached hydrogens (tertiary/aromatic N) is 2. The Morgan fingerprint density at radius 2 is 2.21 bits per heavy atom. The number of halogens is 2. The summed E-state index contributed by atoms with van der Waals surface area (Å²) in [6, 6.07) is 4.50. The van der Waals surface area contributed by atoms with Gasteiger partial charge in [-0.25, -0.2) is 4.39 Å². The second-order valence-corrected chi connectivity index (χ2v) is 5.30. The van der Waals surface area contributed by atoms with E-state index >= 15 is 0 Å². The van der Waals surface area contributed by atoms with E-state index < -0.39 is 0 Å². The zero-order chi connectivity index (χ0) is 13.8. The zero-order valence-electron chi connectivity index (χ0n) is 10.6. The molecule has 1 aromatic carbocycles. The average molecular weight is 328 g/mol. The van der Waals surface area contributed by atoms with Crippen LogP contribution in [0.1, 0.15) is 19.2 Å². The summed E-state index contributed by atoms with van der Waals surface area (Å²) in [6.07, 6.45) is 1.61. The first-order valence-corrected chi connectivity index (χ1v) is 6.90. The van der Waals surface area contributed by atoms with E-state index in [0.29, 0.717) is 40.6 Å². The molecule has 0 aliphatic carbocycles. The molecule has 1 heterocycles. The Labute approximate surface area is 119 Å². The van der Waals surface area contributed by atoms with Crippen molar-refractivity contribution in [2.24, 2.45) is 11.7 Å². The van der Waals surface area contributed by atoms with Gasteiger partial charge >= 0.3 is 0 Å². The highest BCUT2D eigenvalue weighted by atomic mass is 79.9. The van der Waals surface area contributed by atoms with Crippen LogP contribution in [0.15, 0.2) is 27.2 Å². The summed E-state index contributed by atoms with van der Waals surface area (Å²) in [6.45, 7) is 2.65. The van der Waals surface area contributed by atoms with Crippen LogP contribution in [-0.2, 0) is 6.42 Å². The van der Waals surface area contributed by atoms with Crippen molar-refractivity contribution >= 4 is 15.9 Å². The molecule has 1 aromatic heterocycles. The summed E-state index contributed by atoms with van der Waals surface area (Å²) in [5, 5.41) is 3.88. The molecule has 0 spiro atoms. The second kappa shape index (κ2) is 6.25. The first kappa shape index (κ1) is 14.1. The van der Waals surface area contributed by atoms with Gasteiger partial charge in [0.25, 0.3) is 0 Å². The standard InChI is InChI=1S/C13H15BrFN3O/c1-2-8(7-16)3-12-17-13(18-19-12)9-4-10(14)6-11(15)5-9/h4-6,8H,2-3,7,16H2,1H3. The van der Waals surface area contributed by atoms with Crippen molar-refractivity contribution in [2.45, 2.75) is 19.8 Å². The number of hydrogen-bond donors (Lipinski definition) is 1. The van der Waals surface area contributed by atoms with Gasteiger partial charge in [-0.1, -0.05) is 34.4 Å². The molecule has 2 rings (SSSR count). The van der Waals surface area contributed by atoms with Crippen LogP contribution < -0.4 is 5.73 Å². The average Bonchev–Trinajstić information content (AvgIpc) is 2.83. The van der Waals surface area contributed by atoms with Gasteiger partial charge in [0, 0.05) is 16.5 Å². The molecule has 0 saturated heterocycles. The van der Waals surface area contributed by atoms with Crippen molar-refractivity contribution in [3.63, 3.8) is 0 Å². The maximum absolute atomic E-state index is 13.3. The van der Waals surface area contributed by atoms with Crippen LogP contribution in [0.3, 0.4) is 0 Å². The normalized spacial score (nSPS) is 12.6. The molecule has 1 atom stereocenters. The van der Waals surface area contributed by atoms with Crippen molar-refractivity contribution in [2.75, 3.05) is 6.54 Å². The smallest absolute Gasteiger partial charge is 0.227 e. The fraction of sp³-hybridized carbons (Fsp3) is 0.385. The first-order chi connectivity index (χ1) is 9.12. The molecule has 0 aliphatic rings. The summed E-state index contributed by atoms with van der Waals surface area (Å²) in [4.78, 5) is 4.28. The van der Waals surface area contributed by atoms with Crippen molar-refractivity contribution in [3.05, 3.63) is 34.4 Å². The summed E-state index contributed by atoms with van der Waals surface area (Å²) < 4.78 is 19.1. The van der Waals surface area contributed by atoms with Crippen molar-refractivity contribution in [3.8, 4) is 11.4 Å². The first-order valence-electron chi connectivity index (χ1n) is 6.11. The minimum atomic E-state index is -0.343. The highest BCUT2D eigenvalue weighted by molar-refractivity contribution is 9.10. The maximum Gasteiger partial charge on any atom is 0.227 e. The van der Waals surface area contributed by atoms with E-state index in [1.54, 1.807) is 6.07 Å². The van der Waals surface area contributed by atoms with Crippen molar-refractivity contribution < 1.29 is 8.91 Å². The molecule has 1 unspecified atom stereocenters. The largest absolute Gasteiger partial charge is 0.339 e. The quantitative estimate of drug-likeness (QED) is 0.916. The molecule has 102 valence electrons. The van der Waals surface area contributed by atoms with Gasteiger partial charge in [0.1, 0.15) is 5.82 Å². The lowest BCUT2D eigenvalue weighted by atomic mass is 10.0. The highest BCUT2D eigenvalue weighted by Gasteiger charge is 2.14. The van der Waals surface area contributed by atoms with Crippen molar-refractivity contribution in [1.29, 1.82) is 0 Å². The van der Waals surface area contributed by atoms with Gasteiger partial charge in [0.2, 0.25) is 11.7 Å². The summed E-state index contributed by atoms with van der Waals surface area (Å²) in [5.41, 5.74) is 6.23. The molecule has 0 aliphatic heterocycles. The summed E-state index contributed by atoms with van der Waals surface area (Å²) >= 11 is 3.24. The van der Waals surface area contributed by atoms with Gasteiger partial charge in [-0.15, -0.1) is 0 Å². The van der Waals surface area contributed by atoms with Crippen LogP contribution >= 0.6 is 15.9 Å². The van der Waals surface area contributed by atoms with Crippen LogP contribution in [0.25, 0.3) is 11.4 Å². The molecule has 2 N–H and O–H groups in total.